The molecule has 5 rings (SSSR count). The first-order valence-electron chi connectivity index (χ1n) is 10.7. The molecule has 0 bridgehead atoms. The lowest BCUT2D eigenvalue weighted by molar-refractivity contribution is 0.105. The van der Waals surface area contributed by atoms with Crippen molar-refractivity contribution in [1.29, 1.82) is 0 Å². The van der Waals surface area contributed by atoms with Gasteiger partial charge in [0, 0.05) is 40.3 Å². The molecule has 0 aliphatic carbocycles. The van der Waals surface area contributed by atoms with Crippen LogP contribution >= 0.6 is 23.1 Å². The predicted molar refractivity (Wildman–Crippen MR) is 138 cm³/mol. The zero-order valence-corrected chi connectivity index (χ0v) is 19.8. The van der Waals surface area contributed by atoms with Gasteiger partial charge < -0.3 is 4.90 Å². The number of Topliss-reactive ketones (excluding diaryl/α,β-unsaturated/α-hetero) is 1. The molecule has 2 aliphatic heterocycles. The molecule has 2 aliphatic rings. The summed E-state index contributed by atoms with van der Waals surface area (Å²) < 4.78 is 0. The standard InChI is InChI=1S/C28H23NOS2.H2/c1-19-10-12-20(13-11-19)23(30)14-15-26-28(22-16-17-29(2)18-27(22)32-26)25-9-5-7-21-6-3-4-8-24(21)31-25;/h3-13H,16-18H2,1-2H3;1H. The smallest absolute Gasteiger partial charge is 0.236 e. The summed E-state index contributed by atoms with van der Waals surface area (Å²) in [4.78, 5) is 19.9. The number of benzene rings is 2. The van der Waals surface area contributed by atoms with E-state index in [1.54, 1.807) is 23.1 Å². The van der Waals surface area contributed by atoms with Crippen LogP contribution in [-0.4, -0.2) is 24.3 Å². The molecule has 0 N–H and O–H groups in total. The molecule has 0 radical (unpaired) electrons. The van der Waals surface area contributed by atoms with Gasteiger partial charge in [0.1, 0.15) is 0 Å². The topological polar surface area (TPSA) is 20.3 Å². The average molecular weight is 456 g/mol. The highest BCUT2D eigenvalue weighted by atomic mass is 32.2. The third-order valence-corrected chi connectivity index (χ3v) is 8.04. The number of carbonyl (C=O) groups excluding carboxylic acids is 1. The third kappa shape index (κ3) is 4.25. The molecule has 0 atom stereocenters. The van der Waals surface area contributed by atoms with Crippen molar-refractivity contribution in [2.75, 3.05) is 13.6 Å². The van der Waals surface area contributed by atoms with Crippen LogP contribution in [-0.2, 0) is 13.0 Å². The normalized spacial score (nSPS) is 15.1. The Hall–Kier alpha value is -2.84. The summed E-state index contributed by atoms with van der Waals surface area (Å²) in [6.07, 6.45) is 7.49. The van der Waals surface area contributed by atoms with Crippen molar-refractivity contribution < 1.29 is 6.22 Å². The number of thiophene rings is 1. The third-order valence-electron chi connectivity index (χ3n) is 5.76. The average Bonchev–Trinajstić information content (AvgIpc) is 3.01. The van der Waals surface area contributed by atoms with E-state index in [2.05, 4.69) is 66.3 Å². The van der Waals surface area contributed by atoms with Crippen LogP contribution < -0.4 is 0 Å². The Morgan fingerprint density at radius 2 is 1.94 bits per heavy atom. The summed E-state index contributed by atoms with van der Waals surface area (Å²) >= 11 is 3.54. The van der Waals surface area contributed by atoms with E-state index < -0.39 is 0 Å². The van der Waals surface area contributed by atoms with Crippen molar-refractivity contribution in [2.24, 2.45) is 0 Å². The van der Waals surface area contributed by atoms with Crippen LogP contribution in [0.1, 0.15) is 43.8 Å². The van der Waals surface area contributed by atoms with Crippen LogP contribution in [0, 0.1) is 18.8 Å². The van der Waals surface area contributed by atoms with Gasteiger partial charge in [0.25, 0.3) is 0 Å². The monoisotopic (exact) mass is 455 g/mol. The molecule has 0 unspecified atom stereocenters. The number of ketones is 1. The van der Waals surface area contributed by atoms with E-state index in [9.17, 15) is 4.79 Å². The molecule has 0 spiro atoms. The number of hydrogen-bond donors (Lipinski definition) is 0. The van der Waals surface area contributed by atoms with Crippen molar-refractivity contribution in [1.82, 2.24) is 4.90 Å². The maximum Gasteiger partial charge on any atom is 0.236 e. The Kier molecular flexibility index (Phi) is 5.89. The Morgan fingerprint density at radius 3 is 2.78 bits per heavy atom. The summed E-state index contributed by atoms with van der Waals surface area (Å²) in [5, 5.41) is 0. The summed E-state index contributed by atoms with van der Waals surface area (Å²) in [5.41, 5.74) is 5.62. The van der Waals surface area contributed by atoms with Crippen molar-refractivity contribution in [3.63, 3.8) is 0 Å². The Balaban J connectivity index is 0.00000259. The minimum atomic E-state index is -0.132. The molecule has 0 saturated carbocycles. The Labute approximate surface area is 199 Å². The molecule has 2 aromatic carbocycles. The molecular formula is C28H25NOS2. The molecule has 32 heavy (non-hydrogen) atoms. The van der Waals surface area contributed by atoms with E-state index in [1.807, 2.05) is 31.2 Å². The lowest BCUT2D eigenvalue weighted by Gasteiger charge is -2.23. The van der Waals surface area contributed by atoms with Crippen LogP contribution in [0.25, 0.3) is 11.0 Å². The fraction of sp³-hybridized carbons (Fsp3) is 0.179. The molecule has 2 nitrogen and oxygen atoms in total. The van der Waals surface area contributed by atoms with Gasteiger partial charge in [0.15, 0.2) is 0 Å². The number of allylic oxidation sites excluding steroid dienone is 2. The molecule has 0 amide bonds. The highest BCUT2D eigenvalue weighted by molar-refractivity contribution is 8.08. The summed E-state index contributed by atoms with van der Waals surface area (Å²) in [6, 6.07) is 16.1. The van der Waals surface area contributed by atoms with Gasteiger partial charge in [-0.2, -0.15) is 0 Å². The van der Waals surface area contributed by atoms with Crippen LogP contribution in [0.3, 0.4) is 0 Å². The number of fused-ring (bicyclic) bond motifs is 2. The number of hydrogen-bond acceptors (Lipinski definition) is 4. The first-order chi connectivity index (χ1) is 15.6. The SMILES string of the molecule is Cc1ccc(C(=O)C#Cc2sc3c(c2C2=CC=Cc4ccccc4S2)CCN(C)C3)cc1.[HH]. The molecule has 3 heterocycles. The van der Waals surface area contributed by atoms with Gasteiger partial charge in [0.05, 0.1) is 4.88 Å². The van der Waals surface area contributed by atoms with E-state index >= 15 is 0 Å². The van der Waals surface area contributed by atoms with Gasteiger partial charge in [-0.3, -0.25) is 4.79 Å². The fourth-order valence-corrected chi connectivity index (χ4v) is 6.48. The summed E-state index contributed by atoms with van der Waals surface area (Å²) in [7, 11) is 2.16. The van der Waals surface area contributed by atoms with Gasteiger partial charge in [-0.1, -0.05) is 71.9 Å². The van der Waals surface area contributed by atoms with E-state index in [0.717, 1.165) is 30.0 Å². The quantitative estimate of drug-likeness (QED) is 0.317. The first kappa shape index (κ1) is 21.0. The molecule has 0 saturated heterocycles. The Morgan fingerprint density at radius 1 is 1.12 bits per heavy atom. The van der Waals surface area contributed by atoms with Gasteiger partial charge in [0.2, 0.25) is 5.78 Å². The fourth-order valence-electron chi connectivity index (χ4n) is 4.01. The van der Waals surface area contributed by atoms with E-state index in [-0.39, 0.29) is 7.21 Å². The number of nitrogens with zero attached hydrogens (tertiary/aromatic N) is 1. The zero-order valence-electron chi connectivity index (χ0n) is 18.1. The van der Waals surface area contributed by atoms with Gasteiger partial charge >= 0.3 is 0 Å². The summed E-state index contributed by atoms with van der Waals surface area (Å²) in [6.45, 7) is 3.99. The summed E-state index contributed by atoms with van der Waals surface area (Å²) in [5.74, 6) is 6.05. The lowest BCUT2D eigenvalue weighted by atomic mass is 10.0. The largest absolute Gasteiger partial charge is 0.301 e. The van der Waals surface area contributed by atoms with E-state index in [4.69, 9.17) is 0 Å². The van der Waals surface area contributed by atoms with Crippen molar-refractivity contribution >= 4 is 39.9 Å². The maximum absolute atomic E-state index is 12.7. The number of aryl methyl sites for hydroxylation is 1. The molecule has 4 heteroatoms. The number of thioether (sulfide) groups is 1. The molecular weight excluding hydrogens is 430 g/mol. The second-order valence-electron chi connectivity index (χ2n) is 8.17. The molecule has 1 aromatic heterocycles. The second kappa shape index (κ2) is 8.96. The number of rotatable bonds is 2. The van der Waals surface area contributed by atoms with Gasteiger partial charge in [-0.25, -0.2) is 0 Å². The number of carbonyl (C=O) groups is 1. The molecule has 0 fully saturated rings. The number of likely N-dealkylation sites (N-methyl/N-ethyl adjacent to an activating group) is 1. The highest BCUT2D eigenvalue weighted by Gasteiger charge is 2.25. The van der Waals surface area contributed by atoms with Crippen LogP contribution in [0.5, 0.6) is 0 Å². The van der Waals surface area contributed by atoms with Gasteiger partial charge in [-0.15, -0.1) is 11.3 Å². The van der Waals surface area contributed by atoms with Crippen molar-refractivity contribution in [2.45, 2.75) is 24.8 Å². The minimum absolute atomic E-state index is 0. The van der Waals surface area contributed by atoms with Gasteiger partial charge in [-0.05, 0) is 55.5 Å². The molecule has 160 valence electrons. The predicted octanol–water partition coefficient (Wildman–Crippen LogP) is 6.68. The van der Waals surface area contributed by atoms with Crippen LogP contribution in [0.4, 0.5) is 0 Å². The minimum Gasteiger partial charge on any atom is -0.301 e. The van der Waals surface area contributed by atoms with E-state index in [1.165, 1.54) is 31.4 Å². The first-order valence-corrected chi connectivity index (χ1v) is 12.3. The second-order valence-corrected chi connectivity index (χ2v) is 10.4. The highest BCUT2D eigenvalue weighted by Crippen LogP contribution is 2.45. The van der Waals surface area contributed by atoms with Crippen LogP contribution in [0.2, 0.25) is 0 Å². The van der Waals surface area contributed by atoms with E-state index in [0.29, 0.717) is 5.56 Å². The van der Waals surface area contributed by atoms with Crippen LogP contribution in [0.15, 0.2) is 65.6 Å². The van der Waals surface area contributed by atoms with Crippen molar-refractivity contribution in [3.8, 4) is 11.8 Å². The maximum atomic E-state index is 12.7. The Bertz CT molecular complexity index is 1320. The molecule has 3 aromatic rings. The van der Waals surface area contributed by atoms with Crippen molar-refractivity contribution in [3.05, 3.63) is 98.3 Å². The lowest BCUT2D eigenvalue weighted by Crippen LogP contribution is -2.25. The zero-order chi connectivity index (χ0) is 22.1.